The standard InChI is InChI=1S/C14H14N4O2/c19-12-7-18(11-4-2-1-3-10(11)15-12)8-13-16-14(17-20-13)9-5-6-9/h1-4,9H,5-8H2,(H,15,19). The number of rotatable bonds is 3. The lowest BCUT2D eigenvalue weighted by Gasteiger charge is -2.29. The molecule has 2 aromatic rings. The third kappa shape index (κ3) is 2.03. The summed E-state index contributed by atoms with van der Waals surface area (Å²) in [7, 11) is 0. The van der Waals surface area contributed by atoms with Gasteiger partial charge in [-0.05, 0) is 25.0 Å². The van der Waals surface area contributed by atoms with Crippen molar-refractivity contribution in [3.05, 3.63) is 36.0 Å². The maximum absolute atomic E-state index is 11.7. The Morgan fingerprint density at radius 3 is 3.05 bits per heavy atom. The number of benzene rings is 1. The molecule has 1 aromatic heterocycles. The number of hydrogen-bond acceptors (Lipinski definition) is 5. The molecule has 2 heterocycles. The molecule has 1 amide bonds. The molecule has 4 rings (SSSR count). The molecule has 1 aliphatic heterocycles. The molecule has 0 spiro atoms. The van der Waals surface area contributed by atoms with Crippen LogP contribution in [0.1, 0.15) is 30.5 Å². The Morgan fingerprint density at radius 2 is 2.20 bits per heavy atom. The predicted molar refractivity (Wildman–Crippen MR) is 72.4 cm³/mol. The van der Waals surface area contributed by atoms with E-state index >= 15 is 0 Å². The van der Waals surface area contributed by atoms with Crippen molar-refractivity contribution < 1.29 is 9.32 Å². The molecule has 1 saturated carbocycles. The molecule has 0 saturated heterocycles. The van der Waals surface area contributed by atoms with E-state index in [9.17, 15) is 4.79 Å². The smallest absolute Gasteiger partial charge is 0.246 e. The molecule has 2 aliphatic rings. The number of nitrogens with one attached hydrogen (secondary N) is 1. The Morgan fingerprint density at radius 1 is 1.35 bits per heavy atom. The first-order chi connectivity index (χ1) is 9.79. The van der Waals surface area contributed by atoms with Crippen LogP contribution in [0.2, 0.25) is 0 Å². The zero-order valence-electron chi connectivity index (χ0n) is 10.9. The van der Waals surface area contributed by atoms with Gasteiger partial charge in [-0.2, -0.15) is 4.98 Å². The zero-order valence-corrected chi connectivity index (χ0v) is 10.9. The molecule has 1 aromatic carbocycles. The SMILES string of the molecule is O=C1CN(Cc2nc(C3CC3)no2)c2ccccc2N1. The van der Waals surface area contributed by atoms with Crippen LogP contribution in [-0.4, -0.2) is 22.6 Å². The molecule has 0 radical (unpaired) electrons. The van der Waals surface area contributed by atoms with Crippen LogP contribution in [0.4, 0.5) is 11.4 Å². The Bertz CT molecular complexity index is 663. The molecule has 1 N–H and O–H groups in total. The van der Waals surface area contributed by atoms with E-state index in [1.54, 1.807) is 0 Å². The number of hydrogen-bond donors (Lipinski definition) is 1. The summed E-state index contributed by atoms with van der Waals surface area (Å²) < 4.78 is 5.28. The largest absolute Gasteiger partial charge is 0.351 e. The summed E-state index contributed by atoms with van der Waals surface area (Å²) in [4.78, 5) is 18.1. The van der Waals surface area contributed by atoms with Gasteiger partial charge < -0.3 is 14.7 Å². The number of nitrogens with zero attached hydrogens (tertiary/aromatic N) is 3. The van der Waals surface area contributed by atoms with Crippen molar-refractivity contribution in [2.45, 2.75) is 25.3 Å². The van der Waals surface area contributed by atoms with Crippen LogP contribution in [0.5, 0.6) is 0 Å². The van der Waals surface area contributed by atoms with Gasteiger partial charge >= 0.3 is 0 Å². The fourth-order valence-electron chi connectivity index (χ4n) is 2.45. The van der Waals surface area contributed by atoms with Gasteiger partial charge in [0.15, 0.2) is 5.82 Å². The minimum absolute atomic E-state index is 0.0226. The van der Waals surface area contributed by atoms with Crippen molar-refractivity contribution in [2.24, 2.45) is 0 Å². The highest BCUT2D eigenvalue weighted by Gasteiger charge is 2.29. The highest BCUT2D eigenvalue weighted by atomic mass is 16.5. The van der Waals surface area contributed by atoms with Crippen LogP contribution in [0, 0.1) is 0 Å². The van der Waals surface area contributed by atoms with Crippen molar-refractivity contribution >= 4 is 17.3 Å². The van der Waals surface area contributed by atoms with E-state index in [1.165, 1.54) is 0 Å². The first-order valence-electron chi connectivity index (χ1n) is 6.76. The molecule has 20 heavy (non-hydrogen) atoms. The molecule has 6 nitrogen and oxygen atoms in total. The van der Waals surface area contributed by atoms with Crippen molar-refractivity contribution in [2.75, 3.05) is 16.8 Å². The molecule has 1 aliphatic carbocycles. The van der Waals surface area contributed by atoms with Crippen LogP contribution in [-0.2, 0) is 11.3 Å². The Labute approximate surface area is 115 Å². The molecule has 102 valence electrons. The zero-order chi connectivity index (χ0) is 13.5. The fraction of sp³-hybridized carbons (Fsp3) is 0.357. The van der Waals surface area contributed by atoms with E-state index in [1.807, 2.05) is 29.2 Å². The number of fused-ring (bicyclic) bond motifs is 1. The average molecular weight is 270 g/mol. The van der Waals surface area contributed by atoms with Gasteiger partial charge in [0.1, 0.15) is 0 Å². The van der Waals surface area contributed by atoms with Gasteiger partial charge in [0.2, 0.25) is 11.8 Å². The molecule has 1 fully saturated rings. The van der Waals surface area contributed by atoms with Crippen LogP contribution >= 0.6 is 0 Å². The van der Waals surface area contributed by atoms with E-state index < -0.39 is 0 Å². The summed E-state index contributed by atoms with van der Waals surface area (Å²) in [6.45, 7) is 0.766. The quantitative estimate of drug-likeness (QED) is 0.922. The van der Waals surface area contributed by atoms with Crippen LogP contribution < -0.4 is 10.2 Å². The van der Waals surface area contributed by atoms with Gasteiger partial charge in [0.05, 0.1) is 24.5 Å². The normalized spacial score (nSPS) is 17.8. The van der Waals surface area contributed by atoms with Crippen LogP contribution in [0.15, 0.2) is 28.8 Å². The van der Waals surface area contributed by atoms with E-state index in [2.05, 4.69) is 15.5 Å². The van der Waals surface area contributed by atoms with Gasteiger partial charge in [-0.15, -0.1) is 0 Å². The summed E-state index contributed by atoms with van der Waals surface area (Å²) in [5.41, 5.74) is 1.81. The average Bonchev–Trinajstić information content (AvgIpc) is 3.19. The Kier molecular flexibility index (Phi) is 2.48. The van der Waals surface area contributed by atoms with Gasteiger partial charge in [-0.25, -0.2) is 0 Å². The summed E-state index contributed by atoms with van der Waals surface area (Å²) in [6, 6.07) is 7.73. The number of aromatic nitrogens is 2. The van der Waals surface area contributed by atoms with Crippen LogP contribution in [0.25, 0.3) is 0 Å². The summed E-state index contributed by atoms with van der Waals surface area (Å²) in [6.07, 6.45) is 2.29. The van der Waals surface area contributed by atoms with Gasteiger partial charge in [0.25, 0.3) is 0 Å². The van der Waals surface area contributed by atoms with Crippen molar-refractivity contribution in [3.8, 4) is 0 Å². The molecular weight excluding hydrogens is 256 g/mol. The Hall–Kier alpha value is -2.37. The van der Waals surface area contributed by atoms with Crippen molar-refractivity contribution in [1.82, 2.24) is 10.1 Å². The maximum Gasteiger partial charge on any atom is 0.246 e. The molecule has 0 unspecified atom stereocenters. The molecule has 0 bridgehead atoms. The number of amides is 1. The topological polar surface area (TPSA) is 71.3 Å². The van der Waals surface area contributed by atoms with Crippen molar-refractivity contribution in [3.63, 3.8) is 0 Å². The highest BCUT2D eigenvalue weighted by Crippen LogP contribution is 2.38. The number of carbonyl (C=O) groups excluding carboxylic acids is 1. The second-order valence-corrected chi connectivity index (χ2v) is 5.24. The van der Waals surface area contributed by atoms with Gasteiger partial charge in [0, 0.05) is 5.92 Å². The number of anilines is 2. The van der Waals surface area contributed by atoms with Crippen molar-refractivity contribution in [1.29, 1.82) is 0 Å². The lowest BCUT2D eigenvalue weighted by atomic mass is 10.2. The Balaban J connectivity index is 1.59. The first kappa shape index (κ1) is 11.5. The van der Waals surface area contributed by atoms with Crippen LogP contribution in [0.3, 0.4) is 0 Å². The van der Waals surface area contributed by atoms with E-state index in [0.717, 1.165) is 30.0 Å². The van der Waals surface area contributed by atoms with Gasteiger partial charge in [-0.1, -0.05) is 17.3 Å². The predicted octanol–water partition coefficient (Wildman–Crippen LogP) is 1.91. The minimum Gasteiger partial charge on any atom is -0.351 e. The van der Waals surface area contributed by atoms with E-state index in [0.29, 0.717) is 24.9 Å². The second-order valence-electron chi connectivity index (χ2n) is 5.24. The van der Waals surface area contributed by atoms with Gasteiger partial charge in [-0.3, -0.25) is 4.79 Å². The molecule has 0 atom stereocenters. The monoisotopic (exact) mass is 270 g/mol. The third-order valence-corrected chi connectivity index (χ3v) is 3.61. The number of para-hydroxylation sites is 2. The van der Waals surface area contributed by atoms with E-state index in [-0.39, 0.29) is 5.91 Å². The summed E-state index contributed by atoms with van der Waals surface area (Å²) in [5.74, 6) is 1.82. The lowest BCUT2D eigenvalue weighted by molar-refractivity contribution is -0.115. The third-order valence-electron chi connectivity index (χ3n) is 3.61. The number of carbonyl (C=O) groups is 1. The first-order valence-corrected chi connectivity index (χ1v) is 6.76. The highest BCUT2D eigenvalue weighted by molar-refractivity contribution is 6.00. The lowest BCUT2D eigenvalue weighted by Crippen LogP contribution is -2.37. The minimum atomic E-state index is -0.0226. The summed E-state index contributed by atoms with van der Waals surface area (Å²) in [5, 5.41) is 6.87. The summed E-state index contributed by atoms with van der Waals surface area (Å²) >= 11 is 0. The fourth-order valence-corrected chi connectivity index (χ4v) is 2.45. The molecular formula is C14H14N4O2. The second kappa shape index (κ2) is 4.33. The van der Waals surface area contributed by atoms with E-state index in [4.69, 9.17) is 4.52 Å². The maximum atomic E-state index is 11.7. The molecule has 6 heteroatoms.